The Balaban J connectivity index is 1.61. The van der Waals surface area contributed by atoms with Crippen LogP contribution in [0, 0.1) is 10.1 Å². The van der Waals surface area contributed by atoms with Crippen molar-refractivity contribution in [1.82, 2.24) is 9.97 Å². The third kappa shape index (κ3) is 4.10. The SMILES string of the molecule is COc1ccc(-c2csc(CCNc3ncccc3[N+](=O)[O-])n2)cc1. The second-order valence-electron chi connectivity index (χ2n) is 5.16. The molecular weight excluding hydrogens is 340 g/mol. The lowest BCUT2D eigenvalue weighted by molar-refractivity contribution is -0.384. The number of hydrogen-bond acceptors (Lipinski definition) is 7. The van der Waals surface area contributed by atoms with Crippen LogP contribution in [0.3, 0.4) is 0 Å². The monoisotopic (exact) mass is 356 g/mol. The van der Waals surface area contributed by atoms with Gasteiger partial charge in [0.25, 0.3) is 0 Å². The van der Waals surface area contributed by atoms with E-state index in [9.17, 15) is 10.1 Å². The molecule has 0 unspecified atom stereocenters. The molecule has 0 aliphatic carbocycles. The number of pyridine rings is 1. The summed E-state index contributed by atoms with van der Waals surface area (Å²) >= 11 is 1.56. The molecule has 8 heteroatoms. The first-order valence-electron chi connectivity index (χ1n) is 7.59. The summed E-state index contributed by atoms with van der Waals surface area (Å²) in [4.78, 5) is 19.1. The van der Waals surface area contributed by atoms with Gasteiger partial charge < -0.3 is 10.1 Å². The molecule has 0 bridgehead atoms. The van der Waals surface area contributed by atoms with Crippen molar-refractivity contribution in [3.8, 4) is 17.0 Å². The van der Waals surface area contributed by atoms with Crippen LogP contribution in [-0.4, -0.2) is 28.5 Å². The lowest BCUT2D eigenvalue weighted by atomic mass is 10.2. The van der Waals surface area contributed by atoms with Gasteiger partial charge in [0.05, 0.1) is 22.7 Å². The normalized spacial score (nSPS) is 10.4. The van der Waals surface area contributed by atoms with Crippen molar-refractivity contribution >= 4 is 22.8 Å². The van der Waals surface area contributed by atoms with Gasteiger partial charge in [0.2, 0.25) is 5.82 Å². The Morgan fingerprint density at radius 1 is 1.28 bits per heavy atom. The predicted molar refractivity (Wildman–Crippen MR) is 97.2 cm³/mol. The number of thiazole rings is 1. The molecule has 0 saturated heterocycles. The number of aromatic nitrogens is 2. The van der Waals surface area contributed by atoms with E-state index in [2.05, 4.69) is 15.3 Å². The van der Waals surface area contributed by atoms with Gasteiger partial charge in [-0.2, -0.15) is 0 Å². The molecule has 7 nitrogen and oxygen atoms in total. The molecule has 128 valence electrons. The van der Waals surface area contributed by atoms with Crippen molar-refractivity contribution in [1.29, 1.82) is 0 Å². The molecule has 0 spiro atoms. The number of anilines is 1. The Morgan fingerprint density at radius 2 is 2.08 bits per heavy atom. The van der Waals surface area contributed by atoms with Crippen LogP contribution in [0.25, 0.3) is 11.3 Å². The molecule has 0 aliphatic heterocycles. The summed E-state index contributed by atoms with van der Waals surface area (Å²) in [5.74, 6) is 1.08. The van der Waals surface area contributed by atoms with Crippen LogP contribution >= 0.6 is 11.3 Å². The van der Waals surface area contributed by atoms with Crippen molar-refractivity contribution in [3.05, 3.63) is 63.1 Å². The number of methoxy groups -OCH3 is 1. The van der Waals surface area contributed by atoms with Crippen LogP contribution in [0.1, 0.15) is 5.01 Å². The lowest BCUT2D eigenvalue weighted by Gasteiger charge is -2.04. The van der Waals surface area contributed by atoms with E-state index < -0.39 is 4.92 Å². The summed E-state index contributed by atoms with van der Waals surface area (Å²) in [6, 6.07) is 10.7. The molecule has 1 N–H and O–H groups in total. The van der Waals surface area contributed by atoms with Crippen LogP contribution in [0.15, 0.2) is 48.0 Å². The first-order chi connectivity index (χ1) is 12.2. The molecule has 3 aromatic rings. The van der Waals surface area contributed by atoms with Gasteiger partial charge in [-0.05, 0) is 30.3 Å². The van der Waals surface area contributed by atoms with Crippen molar-refractivity contribution in [2.24, 2.45) is 0 Å². The van der Waals surface area contributed by atoms with Crippen LogP contribution in [0.5, 0.6) is 5.75 Å². The highest BCUT2D eigenvalue weighted by Gasteiger charge is 2.13. The van der Waals surface area contributed by atoms with E-state index in [1.54, 1.807) is 24.5 Å². The summed E-state index contributed by atoms with van der Waals surface area (Å²) in [7, 11) is 1.63. The largest absolute Gasteiger partial charge is 0.497 e. The molecule has 3 rings (SSSR count). The summed E-state index contributed by atoms with van der Waals surface area (Å²) in [5.41, 5.74) is 1.91. The van der Waals surface area contributed by atoms with Gasteiger partial charge in [-0.3, -0.25) is 10.1 Å². The van der Waals surface area contributed by atoms with E-state index in [0.29, 0.717) is 13.0 Å². The van der Waals surface area contributed by atoms with Crippen molar-refractivity contribution < 1.29 is 9.66 Å². The molecule has 1 aromatic carbocycles. The zero-order chi connectivity index (χ0) is 17.6. The first kappa shape index (κ1) is 16.8. The van der Waals surface area contributed by atoms with Gasteiger partial charge in [0.1, 0.15) is 5.75 Å². The van der Waals surface area contributed by atoms with E-state index >= 15 is 0 Å². The fourth-order valence-corrected chi connectivity index (χ4v) is 3.10. The predicted octanol–water partition coefficient (Wildman–Crippen LogP) is 3.78. The average molecular weight is 356 g/mol. The zero-order valence-corrected chi connectivity index (χ0v) is 14.3. The summed E-state index contributed by atoms with van der Waals surface area (Å²) < 4.78 is 5.15. The second kappa shape index (κ2) is 7.71. The van der Waals surface area contributed by atoms with Gasteiger partial charge in [-0.1, -0.05) is 0 Å². The third-order valence-corrected chi connectivity index (χ3v) is 4.46. The summed E-state index contributed by atoms with van der Waals surface area (Å²) in [6.45, 7) is 0.521. The molecule has 25 heavy (non-hydrogen) atoms. The highest BCUT2D eigenvalue weighted by Crippen LogP contribution is 2.25. The molecule has 2 aromatic heterocycles. The molecule has 0 fully saturated rings. The number of hydrogen-bond donors (Lipinski definition) is 1. The van der Waals surface area contributed by atoms with Crippen LogP contribution in [0.2, 0.25) is 0 Å². The van der Waals surface area contributed by atoms with Gasteiger partial charge in [-0.25, -0.2) is 9.97 Å². The fourth-order valence-electron chi connectivity index (χ4n) is 2.29. The Bertz CT molecular complexity index is 864. The molecule has 0 atom stereocenters. The smallest absolute Gasteiger partial charge is 0.311 e. The molecule has 0 saturated carbocycles. The average Bonchev–Trinajstić information content (AvgIpc) is 3.11. The highest BCUT2D eigenvalue weighted by atomic mass is 32.1. The Kier molecular flexibility index (Phi) is 5.20. The minimum absolute atomic E-state index is 0.0273. The maximum absolute atomic E-state index is 11.0. The lowest BCUT2D eigenvalue weighted by Crippen LogP contribution is -2.08. The molecule has 0 aliphatic rings. The van der Waals surface area contributed by atoms with Crippen LogP contribution in [-0.2, 0) is 6.42 Å². The standard InChI is InChI=1S/C17H16N4O3S/c1-24-13-6-4-12(5-7-13)14-11-25-16(20-14)8-10-19-17-15(21(22)23)3-2-9-18-17/h2-7,9,11H,8,10H2,1H3,(H,18,19). The fraction of sp³-hybridized carbons (Fsp3) is 0.176. The van der Waals surface area contributed by atoms with Gasteiger partial charge in [-0.15, -0.1) is 11.3 Å². The van der Waals surface area contributed by atoms with E-state index in [1.165, 1.54) is 12.3 Å². The van der Waals surface area contributed by atoms with Crippen LogP contribution in [0.4, 0.5) is 11.5 Å². The number of nitro groups is 1. The third-order valence-electron chi connectivity index (χ3n) is 3.55. The van der Waals surface area contributed by atoms with Crippen LogP contribution < -0.4 is 10.1 Å². The topological polar surface area (TPSA) is 90.2 Å². The number of ether oxygens (including phenoxy) is 1. The minimum Gasteiger partial charge on any atom is -0.497 e. The number of nitrogens with one attached hydrogen (secondary N) is 1. The van der Waals surface area contributed by atoms with Crippen molar-refractivity contribution in [2.75, 3.05) is 19.0 Å². The Hall–Kier alpha value is -3.00. The number of benzene rings is 1. The van der Waals surface area contributed by atoms with Gasteiger partial charge >= 0.3 is 5.69 Å². The highest BCUT2D eigenvalue weighted by molar-refractivity contribution is 7.09. The molecular formula is C17H16N4O3S. The molecule has 0 radical (unpaired) electrons. The summed E-state index contributed by atoms with van der Waals surface area (Å²) in [5, 5.41) is 16.9. The number of nitrogens with zero attached hydrogens (tertiary/aromatic N) is 3. The van der Waals surface area contributed by atoms with Crippen molar-refractivity contribution in [3.63, 3.8) is 0 Å². The quantitative estimate of drug-likeness (QED) is 0.512. The first-order valence-corrected chi connectivity index (χ1v) is 8.47. The molecule has 0 amide bonds. The maximum Gasteiger partial charge on any atom is 0.311 e. The van der Waals surface area contributed by atoms with E-state index in [4.69, 9.17) is 4.74 Å². The maximum atomic E-state index is 11.0. The van der Waals surface area contributed by atoms with E-state index in [0.717, 1.165) is 22.0 Å². The molecule has 2 heterocycles. The zero-order valence-electron chi connectivity index (χ0n) is 13.5. The van der Waals surface area contributed by atoms with Gasteiger partial charge in [0, 0.05) is 36.2 Å². The minimum atomic E-state index is -0.444. The van der Waals surface area contributed by atoms with Crippen molar-refractivity contribution in [2.45, 2.75) is 6.42 Å². The Labute approximate surface area is 148 Å². The summed E-state index contributed by atoms with van der Waals surface area (Å²) in [6.07, 6.45) is 2.19. The second-order valence-corrected chi connectivity index (χ2v) is 6.10. The Morgan fingerprint density at radius 3 is 2.80 bits per heavy atom. The number of rotatable bonds is 7. The van der Waals surface area contributed by atoms with Gasteiger partial charge in [0.15, 0.2) is 0 Å². The van der Waals surface area contributed by atoms with E-state index in [1.807, 2.05) is 29.6 Å². The van der Waals surface area contributed by atoms with E-state index in [-0.39, 0.29) is 11.5 Å².